The van der Waals surface area contributed by atoms with Gasteiger partial charge in [-0.2, -0.15) is 0 Å². The number of nitrogens with zero attached hydrogens (tertiary/aromatic N) is 1. The third kappa shape index (κ3) is 4.29. The van der Waals surface area contributed by atoms with Gasteiger partial charge in [0.1, 0.15) is 11.5 Å². The molecule has 1 atom stereocenters. The van der Waals surface area contributed by atoms with E-state index in [0.717, 1.165) is 36.9 Å². The second-order valence-corrected chi connectivity index (χ2v) is 5.74. The molecule has 0 N–H and O–H groups in total. The molecule has 1 aromatic rings. The van der Waals surface area contributed by atoms with E-state index in [9.17, 15) is 0 Å². The van der Waals surface area contributed by atoms with E-state index >= 15 is 0 Å². The van der Waals surface area contributed by atoms with Crippen LogP contribution in [0.5, 0.6) is 11.5 Å². The van der Waals surface area contributed by atoms with E-state index in [1.165, 1.54) is 24.9 Å². The van der Waals surface area contributed by atoms with Crippen molar-refractivity contribution in [2.75, 3.05) is 39.7 Å². The van der Waals surface area contributed by atoms with E-state index in [1.807, 2.05) is 6.07 Å². The van der Waals surface area contributed by atoms with Crippen molar-refractivity contribution in [3.63, 3.8) is 0 Å². The fourth-order valence-corrected chi connectivity index (χ4v) is 3.03. The van der Waals surface area contributed by atoms with Crippen molar-refractivity contribution in [3.05, 3.63) is 23.8 Å². The molecule has 1 aliphatic rings. The molecule has 0 aliphatic carbocycles. The monoisotopic (exact) mass is 297 g/mol. The molecule has 1 unspecified atom stereocenters. The average Bonchev–Trinajstić information content (AvgIpc) is 2.52. The van der Waals surface area contributed by atoms with Crippen LogP contribution < -0.4 is 9.47 Å². The molecule has 1 aromatic carbocycles. The molecule has 0 saturated carbocycles. The summed E-state index contributed by atoms with van der Waals surface area (Å²) in [7, 11) is 3.38. The van der Waals surface area contributed by atoms with Crippen LogP contribution in [-0.2, 0) is 6.42 Å². The zero-order valence-corrected chi connectivity index (χ0v) is 13.2. The molecule has 0 radical (unpaired) electrons. The lowest BCUT2D eigenvalue weighted by atomic mass is 9.99. The first kappa shape index (κ1) is 15.5. The summed E-state index contributed by atoms with van der Waals surface area (Å²) in [6.07, 6.45) is 3.55. The van der Waals surface area contributed by atoms with Crippen LogP contribution in [0.1, 0.15) is 18.4 Å². The third-order valence-corrected chi connectivity index (χ3v) is 4.39. The summed E-state index contributed by atoms with van der Waals surface area (Å²) >= 11 is 5.98. The highest BCUT2D eigenvalue weighted by molar-refractivity contribution is 6.18. The quantitative estimate of drug-likeness (QED) is 0.753. The van der Waals surface area contributed by atoms with Crippen molar-refractivity contribution in [3.8, 4) is 11.5 Å². The van der Waals surface area contributed by atoms with Crippen LogP contribution in [0.3, 0.4) is 0 Å². The first-order valence-electron chi connectivity index (χ1n) is 7.25. The van der Waals surface area contributed by atoms with Crippen molar-refractivity contribution < 1.29 is 9.47 Å². The zero-order chi connectivity index (χ0) is 14.4. The molecule has 0 amide bonds. The summed E-state index contributed by atoms with van der Waals surface area (Å²) in [6, 6.07) is 6.09. The molecule has 1 saturated heterocycles. The van der Waals surface area contributed by atoms with Gasteiger partial charge < -0.3 is 14.4 Å². The highest BCUT2D eigenvalue weighted by Gasteiger charge is 2.18. The Balaban J connectivity index is 1.92. The summed E-state index contributed by atoms with van der Waals surface area (Å²) in [5, 5.41) is 0. The summed E-state index contributed by atoms with van der Waals surface area (Å²) in [6.45, 7) is 3.39. The minimum absolute atomic E-state index is 0.658. The van der Waals surface area contributed by atoms with Gasteiger partial charge in [0.2, 0.25) is 0 Å². The number of alkyl halides is 1. The number of hydrogen-bond acceptors (Lipinski definition) is 3. The topological polar surface area (TPSA) is 21.7 Å². The highest BCUT2D eigenvalue weighted by Crippen LogP contribution is 2.23. The molecule has 4 heteroatoms. The van der Waals surface area contributed by atoms with Gasteiger partial charge in [0, 0.05) is 25.0 Å². The minimum atomic E-state index is 0.658. The van der Waals surface area contributed by atoms with Gasteiger partial charge in [0.25, 0.3) is 0 Å². The van der Waals surface area contributed by atoms with E-state index in [2.05, 4.69) is 17.0 Å². The van der Waals surface area contributed by atoms with Crippen molar-refractivity contribution in [2.24, 2.45) is 5.92 Å². The molecule has 20 heavy (non-hydrogen) atoms. The fraction of sp³-hybridized carbons (Fsp3) is 0.625. The Kier molecular flexibility index (Phi) is 5.99. The maximum atomic E-state index is 5.98. The van der Waals surface area contributed by atoms with Crippen LogP contribution in [0.15, 0.2) is 18.2 Å². The Hall–Kier alpha value is -0.930. The van der Waals surface area contributed by atoms with Gasteiger partial charge in [-0.3, -0.25) is 0 Å². The van der Waals surface area contributed by atoms with E-state index in [-0.39, 0.29) is 0 Å². The number of rotatable bonds is 6. The molecular weight excluding hydrogens is 274 g/mol. The number of halogens is 1. The SMILES string of the molecule is COc1cc(CCN2CCCC(CCl)C2)cc(OC)c1. The van der Waals surface area contributed by atoms with Crippen LogP contribution >= 0.6 is 11.6 Å². The molecule has 2 rings (SSSR count). The van der Waals surface area contributed by atoms with Gasteiger partial charge >= 0.3 is 0 Å². The van der Waals surface area contributed by atoms with Crippen LogP contribution in [0.4, 0.5) is 0 Å². The summed E-state index contributed by atoms with van der Waals surface area (Å²) < 4.78 is 10.6. The van der Waals surface area contributed by atoms with E-state index < -0.39 is 0 Å². The van der Waals surface area contributed by atoms with Gasteiger partial charge in [-0.05, 0) is 49.4 Å². The maximum absolute atomic E-state index is 5.98. The smallest absolute Gasteiger partial charge is 0.122 e. The Morgan fingerprint density at radius 2 is 1.90 bits per heavy atom. The predicted octanol–water partition coefficient (Wildman–Crippen LogP) is 3.20. The van der Waals surface area contributed by atoms with Crippen LogP contribution in [0.2, 0.25) is 0 Å². The number of likely N-dealkylation sites (tertiary alicyclic amines) is 1. The lowest BCUT2D eigenvalue weighted by molar-refractivity contribution is 0.187. The van der Waals surface area contributed by atoms with Gasteiger partial charge in [0.15, 0.2) is 0 Å². The number of piperidine rings is 1. The van der Waals surface area contributed by atoms with E-state index in [1.54, 1.807) is 14.2 Å². The Morgan fingerprint density at radius 3 is 2.50 bits per heavy atom. The van der Waals surface area contributed by atoms with E-state index in [4.69, 9.17) is 21.1 Å². The summed E-state index contributed by atoms with van der Waals surface area (Å²) in [4.78, 5) is 2.52. The Bertz CT molecular complexity index is 403. The Morgan fingerprint density at radius 1 is 1.20 bits per heavy atom. The lowest BCUT2D eigenvalue weighted by Gasteiger charge is -2.31. The van der Waals surface area contributed by atoms with Crippen LogP contribution in [0.25, 0.3) is 0 Å². The van der Waals surface area contributed by atoms with Gasteiger partial charge in [-0.1, -0.05) is 0 Å². The van der Waals surface area contributed by atoms with Crippen LogP contribution in [0, 0.1) is 5.92 Å². The number of methoxy groups -OCH3 is 2. The second-order valence-electron chi connectivity index (χ2n) is 5.43. The maximum Gasteiger partial charge on any atom is 0.122 e. The normalized spacial score (nSPS) is 19.9. The minimum Gasteiger partial charge on any atom is -0.497 e. The van der Waals surface area contributed by atoms with Gasteiger partial charge in [0.05, 0.1) is 14.2 Å². The van der Waals surface area contributed by atoms with Crippen LogP contribution in [-0.4, -0.2) is 44.6 Å². The highest BCUT2D eigenvalue weighted by atomic mass is 35.5. The number of hydrogen-bond donors (Lipinski definition) is 0. The fourth-order valence-electron chi connectivity index (χ4n) is 2.78. The zero-order valence-electron chi connectivity index (χ0n) is 12.4. The second kappa shape index (κ2) is 7.75. The number of benzene rings is 1. The Labute approximate surface area is 126 Å². The first-order chi connectivity index (χ1) is 9.75. The standard InChI is InChI=1S/C16H24ClNO2/c1-19-15-8-13(9-16(10-15)20-2)5-7-18-6-3-4-14(11-17)12-18/h8-10,14H,3-7,11-12H2,1-2H3. The van der Waals surface area contributed by atoms with Crippen molar-refractivity contribution in [2.45, 2.75) is 19.3 Å². The molecule has 1 fully saturated rings. The molecule has 1 heterocycles. The molecule has 0 spiro atoms. The van der Waals surface area contributed by atoms with Gasteiger partial charge in [-0.25, -0.2) is 0 Å². The molecule has 112 valence electrons. The predicted molar refractivity (Wildman–Crippen MR) is 83.1 cm³/mol. The first-order valence-corrected chi connectivity index (χ1v) is 7.79. The molecular formula is C16H24ClNO2. The van der Waals surface area contributed by atoms with Crippen molar-refractivity contribution in [1.82, 2.24) is 4.90 Å². The average molecular weight is 298 g/mol. The largest absolute Gasteiger partial charge is 0.497 e. The summed E-state index contributed by atoms with van der Waals surface area (Å²) in [5.41, 5.74) is 1.26. The lowest BCUT2D eigenvalue weighted by Crippen LogP contribution is -2.37. The number of ether oxygens (including phenoxy) is 2. The molecule has 3 nitrogen and oxygen atoms in total. The van der Waals surface area contributed by atoms with Crippen molar-refractivity contribution in [1.29, 1.82) is 0 Å². The third-order valence-electron chi connectivity index (χ3n) is 3.95. The van der Waals surface area contributed by atoms with E-state index in [0.29, 0.717) is 5.92 Å². The van der Waals surface area contributed by atoms with Crippen molar-refractivity contribution >= 4 is 11.6 Å². The summed E-state index contributed by atoms with van der Waals surface area (Å²) in [5.74, 6) is 3.15. The molecule has 0 bridgehead atoms. The van der Waals surface area contributed by atoms with Gasteiger partial charge in [-0.15, -0.1) is 11.6 Å². The molecule has 0 aromatic heterocycles. The molecule has 1 aliphatic heterocycles.